The smallest absolute Gasteiger partial charge is 0.336 e. The number of hydrogen-bond donors (Lipinski definition) is 2. The number of amides is 1. The molecule has 0 fully saturated rings. The van der Waals surface area contributed by atoms with Gasteiger partial charge in [-0.05, 0) is 53.8 Å². The lowest BCUT2D eigenvalue weighted by molar-refractivity contribution is -0.121. The van der Waals surface area contributed by atoms with Crippen molar-refractivity contribution in [2.75, 3.05) is 0 Å². The number of carbonyl (C=O) groups is 2. The molecule has 0 radical (unpaired) electrons. The summed E-state index contributed by atoms with van der Waals surface area (Å²) in [7, 11) is 0. The van der Waals surface area contributed by atoms with E-state index in [-0.39, 0.29) is 11.5 Å². The van der Waals surface area contributed by atoms with Crippen molar-refractivity contribution >= 4 is 28.6 Å². The highest BCUT2D eigenvalue weighted by Crippen LogP contribution is 2.33. The fourth-order valence-electron chi connectivity index (χ4n) is 4.84. The van der Waals surface area contributed by atoms with Crippen molar-refractivity contribution in [1.82, 2.24) is 15.0 Å². The van der Waals surface area contributed by atoms with Gasteiger partial charge in [-0.2, -0.15) is 5.10 Å². The Morgan fingerprint density at radius 3 is 2.56 bits per heavy atom. The molecule has 1 aliphatic rings. The number of imidazole rings is 1. The van der Waals surface area contributed by atoms with Crippen LogP contribution >= 0.6 is 0 Å². The molecule has 7 heteroatoms. The highest BCUT2D eigenvalue weighted by Gasteiger charge is 2.22. The SMILES string of the molecule is CCCCc1nc2ccc(C3=NNC(=O)CC3)cc2n1-c1ccc(-c2ccccc2)c(C(=O)O)c1C. The number of benzene rings is 3. The Morgan fingerprint density at radius 1 is 1.06 bits per heavy atom. The number of carboxylic acid groups (broad SMARTS) is 1. The van der Waals surface area contributed by atoms with Gasteiger partial charge in [0, 0.05) is 19.3 Å². The summed E-state index contributed by atoms with van der Waals surface area (Å²) in [5.41, 5.74) is 9.38. The van der Waals surface area contributed by atoms with Gasteiger partial charge in [-0.3, -0.25) is 9.36 Å². The van der Waals surface area contributed by atoms with Gasteiger partial charge in [0.1, 0.15) is 5.82 Å². The molecule has 0 spiro atoms. The van der Waals surface area contributed by atoms with Crippen molar-refractivity contribution < 1.29 is 14.7 Å². The monoisotopic (exact) mass is 480 g/mol. The van der Waals surface area contributed by atoms with Crippen LogP contribution in [0.2, 0.25) is 0 Å². The van der Waals surface area contributed by atoms with Gasteiger partial charge in [0.2, 0.25) is 5.91 Å². The summed E-state index contributed by atoms with van der Waals surface area (Å²) in [6.07, 6.45) is 3.75. The van der Waals surface area contributed by atoms with Crippen molar-refractivity contribution in [3.63, 3.8) is 0 Å². The van der Waals surface area contributed by atoms with Crippen molar-refractivity contribution in [3.05, 3.63) is 83.2 Å². The second kappa shape index (κ2) is 9.77. The molecule has 0 bridgehead atoms. The van der Waals surface area contributed by atoms with E-state index in [0.29, 0.717) is 24.0 Å². The van der Waals surface area contributed by atoms with Crippen LogP contribution in [0.15, 0.2) is 65.8 Å². The minimum absolute atomic E-state index is 0.0814. The van der Waals surface area contributed by atoms with E-state index >= 15 is 0 Å². The summed E-state index contributed by atoms with van der Waals surface area (Å²) in [4.78, 5) is 29.0. The van der Waals surface area contributed by atoms with Crippen LogP contribution in [-0.2, 0) is 11.2 Å². The summed E-state index contributed by atoms with van der Waals surface area (Å²) in [6.45, 7) is 4.01. The highest BCUT2D eigenvalue weighted by atomic mass is 16.4. The van der Waals surface area contributed by atoms with Gasteiger partial charge in [-0.15, -0.1) is 0 Å². The third-order valence-corrected chi connectivity index (χ3v) is 6.69. The Kier molecular flexibility index (Phi) is 6.38. The number of carboxylic acids is 1. The predicted octanol–water partition coefficient (Wildman–Crippen LogP) is 5.66. The Hall–Kier alpha value is -4.26. The summed E-state index contributed by atoms with van der Waals surface area (Å²) in [5.74, 6) is -0.141. The Balaban J connectivity index is 1.72. The van der Waals surface area contributed by atoms with E-state index in [0.717, 1.165) is 58.6 Å². The number of nitrogens with one attached hydrogen (secondary N) is 1. The zero-order valence-electron chi connectivity index (χ0n) is 20.4. The largest absolute Gasteiger partial charge is 0.478 e. The molecule has 1 amide bonds. The molecular formula is C29H28N4O3. The van der Waals surface area contributed by atoms with Crippen LogP contribution in [0.1, 0.15) is 59.9 Å². The first-order chi connectivity index (χ1) is 17.5. The minimum Gasteiger partial charge on any atom is -0.478 e. The summed E-state index contributed by atoms with van der Waals surface area (Å²) >= 11 is 0. The number of aryl methyl sites for hydroxylation is 1. The van der Waals surface area contributed by atoms with E-state index in [1.54, 1.807) is 0 Å². The maximum atomic E-state index is 12.5. The first kappa shape index (κ1) is 23.5. The van der Waals surface area contributed by atoms with Crippen LogP contribution in [0.3, 0.4) is 0 Å². The lowest BCUT2D eigenvalue weighted by atomic mass is 9.94. The van der Waals surface area contributed by atoms with E-state index in [1.807, 2.05) is 67.6 Å². The summed E-state index contributed by atoms with van der Waals surface area (Å²) < 4.78 is 2.09. The number of fused-ring (bicyclic) bond motifs is 1. The average Bonchev–Trinajstić information content (AvgIpc) is 3.25. The Morgan fingerprint density at radius 2 is 1.86 bits per heavy atom. The van der Waals surface area contributed by atoms with Gasteiger partial charge < -0.3 is 5.11 Å². The highest BCUT2D eigenvalue weighted by molar-refractivity contribution is 6.06. The first-order valence-electron chi connectivity index (χ1n) is 12.3. The topological polar surface area (TPSA) is 96.6 Å². The molecule has 3 aromatic carbocycles. The van der Waals surface area contributed by atoms with E-state index in [1.165, 1.54) is 0 Å². The molecule has 0 unspecified atom stereocenters. The molecule has 7 nitrogen and oxygen atoms in total. The maximum absolute atomic E-state index is 12.5. The Labute approximate surface area is 209 Å². The number of nitrogens with zero attached hydrogens (tertiary/aromatic N) is 3. The van der Waals surface area contributed by atoms with Gasteiger partial charge in [0.05, 0.1) is 28.0 Å². The lowest BCUT2D eigenvalue weighted by Crippen LogP contribution is -2.25. The molecule has 182 valence electrons. The Bertz CT molecular complexity index is 1500. The van der Waals surface area contributed by atoms with Crippen molar-refractivity contribution in [1.29, 1.82) is 0 Å². The number of hydrogen-bond acceptors (Lipinski definition) is 4. The number of hydrazone groups is 1. The van der Waals surface area contributed by atoms with Crippen LogP contribution in [0.5, 0.6) is 0 Å². The molecule has 36 heavy (non-hydrogen) atoms. The zero-order valence-corrected chi connectivity index (χ0v) is 20.4. The fraction of sp³-hybridized carbons (Fsp3) is 0.241. The van der Waals surface area contributed by atoms with Gasteiger partial charge in [0.15, 0.2) is 0 Å². The number of unbranched alkanes of at least 4 members (excludes halogenated alkanes) is 1. The second-order valence-corrected chi connectivity index (χ2v) is 9.07. The molecule has 4 aromatic rings. The van der Waals surface area contributed by atoms with Crippen LogP contribution < -0.4 is 5.43 Å². The molecule has 2 heterocycles. The fourth-order valence-corrected chi connectivity index (χ4v) is 4.84. The number of aromatic nitrogens is 2. The van der Waals surface area contributed by atoms with E-state index in [9.17, 15) is 14.7 Å². The van der Waals surface area contributed by atoms with Gasteiger partial charge >= 0.3 is 5.97 Å². The molecule has 0 saturated carbocycles. The molecule has 0 saturated heterocycles. The number of carbonyl (C=O) groups excluding carboxylic acids is 1. The summed E-state index contributed by atoms with van der Waals surface area (Å²) in [6, 6.07) is 19.5. The van der Waals surface area contributed by atoms with Crippen LogP contribution in [0.4, 0.5) is 0 Å². The van der Waals surface area contributed by atoms with Crippen molar-refractivity contribution in [3.8, 4) is 16.8 Å². The molecule has 0 aliphatic carbocycles. The zero-order chi connectivity index (χ0) is 25.2. The van der Waals surface area contributed by atoms with E-state index < -0.39 is 5.97 Å². The molecule has 1 aliphatic heterocycles. The van der Waals surface area contributed by atoms with Crippen LogP contribution in [0.25, 0.3) is 27.8 Å². The molecule has 1 aromatic heterocycles. The van der Waals surface area contributed by atoms with Gasteiger partial charge in [-0.25, -0.2) is 15.2 Å². The maximum Gasteiger partial charge on any atom is 0.336 e. The number of aromatic carboxylic acids is 1. The molecule has 2 N–H and O–H groups in total. The standard InChI is InChI=1S/C29H28N4O3/c1-3-4-10-26-30-23-13-11-20(22-14-16-27(34)32-31-22)17-25(23)33(26)24-15-12-21(19-8-6-5-7-9-19)28(18(24)2)29(35)36/h5-9,11-13,15,17H,3-4,10,14,16H2,1-2H3,(H,32,34)(H,35,36). The first-order valence-corrected chi connectivity index (χ1v) is 12.3. The third-order valence-electron chi connectivity index (χ3n) is 6.69. The second-order valence-electron chi connectivity index (χ2n) is 9.07. The van der Waals surface area contributed by atoms with Crippen molar-refractivity contribution in [2.24, 2.45) is 5.10 Å². The van der Waals surface area contributed by atoms with Gasteiger partial charge in [0.25, 0.3) is 0 Å². The number of rotatable bonds is 7. The normalized spacial score (nSPS) is 13.5. The predicted molar refractivity (Wildman–Crippen MR) is 141 cm³/mol. The molecule has 0 atom stereocenters. The van der Waals surface area contributed by atoms with Crippen molar-refractivity contribution in [2.45, 2.75) is 46.0 Å². The van der Waals surface area contributed by atoms with Crippen LogP contribution in [0, 0.1) is 6.92 Å². The van der Waals surface area contributed by atoms with E-state index in [4.69, 9.17) is 4.98 Å². The minimum atomic E-state index is -0.958. The lowest BCUT2D eigenvalue weighted by Gasteiger charge is -2.18. The molecule has 5 rings (SSSR count). The van der Waals surface area contributed by atoms with Gasteiger partial charge in [-0.1, -0.05) is 55.8 Å². The summed E-state index contributed by atoms with van der Waals surface area (Å²) in [5, 5.41) is 14.5. The quantitative estimate of drug-likeness (QED) is 0.357. The third kappa shape index (κ3) is 4.28. The van der Waals surface area contributed by atoms with E-state index in [2.05, 4.69) is 22.0 Å². The van der Waals surface area contributed by atoms with Crippen LogP contribution in [-0.4, -0.2) is 32.2 Å². The average molecular weight is 481 g/mol. The molecular weight excluding hydrogens is 452 g/mol.